The van der Waals surface area contributed by atoms with Crippen molar-refractivity contribution in [1.82, 2.24) is 14.6 Å². The van der Waals surface area contributed by atoms with E-state index in [-0.39, 0.29) is 0 Å². The molecule has 2 heterocycles. The largest absolute Gasteiger partial charge is 0.389 e. The number of methoxy groups -OCH3 is 1. The molecule has 6 heteroatoms. The molecule has 0 aliphatic rings. The number of thiocarbonyl (C=S) groups is 1. The summed E-state index contributed by atoms with van der Waals surface area (Å²) in [7, 11) is 1.66. The topological polar surface area (TPSA) is 65.4 Å². The first-order valence-electron chi connectivity index (χ1n) is 6.92. The van der Waals surface area contributed by atoms with Gasteiger partial charge in [0.25, 0.3) is 0 Å². The molecule has 1 aromatic carbocycles. The molecule has 5 nitrogen and oxygen atoms in total. The van der Waals surface area contributed by atoms with Crippen LogP contribution in [0.5, 0.6) is 0 Å². The van der Waals surface area contributed by atoms with Gasteiger partial charge in [-0.1, -0.05) is 42.5 Å². The van der Waals surface area contributed by atoms with E-state index in [2.05, 4.69) is 10.1 Å². The molecule has 0 aliphatic heterocycles. The summed E-state index contributed by atoms with van der Waals surface area (Å²) < 4.78 is 6.81. The van der Waals surface area contributed by atoms with Gasteiger partial charge in [0.1, 0.15) is 4.99 Å². The lowest BCUT2D eigenvalue weighted by molar-refractivity contribution is 0.200. The van der Waals surface area contributed by atoms with E-state index in [1.54, 1.807) is 11.6 Å². The molecule has 22 heavy (non-hydrogen) atoms. The van der Waals surface area contributed by atoms with Crippen LogP contribution in [0.2, 0.25) is 0 Å². The third kappa shape index (κ3) is 2.84. The second kappa shape index (κ2) is 6.21. The average molecular weight is 312 g/mol. The first kappa shape index (κ1) is 14.6. The lowest BCUT2D eigenvalue weighted by atomic mass is 10.1. The monoisotopic (exact) mass is 312 g/mol. The molecule has 2 aromatic heterocycles. The molecule has 0 aliphatic carbocycles. The SMILES string of the molecule is COCCc1nc2c(C(N)=S)cc(-c3ccccc3)cn2n1. The Morgan fingerprint density at radius 3 is 2.73 bits per heavy atom. The van der Waals surface area contributed by atoms with Gasteiger partial charge < -0.3 is 10.5 Å². The van der Waals surface area contributed by atoms with Crippen LogP contribution in [0.25, 0.3) is 16.8 Å². The van der Waals surface area contributed by atoms with E-state index < -0.39 is 0 Å². The Morgan fingerprint density at radius 1 is 1.27 bits per heavy atom. The van der Waals surface area contributed by atoms with Crippen LogP contribution in [-0.4, -0.2) is 33.3 Å². The predicted octanol–water partition coefficient (Wildman–Crippen LogP) is 2.22. The molecule has 0 atom stereocenters. The van der Waals surface area contributed by atoms with Gasteiger partial charge in [0.2, 0.25) is 0 Å². The van der Waals surface area contributed by atoms with Crippen LogP contribution in [0.4, 0.5) is 0 Å². The van der Waals surface area contributed by atoms with Crippen molar-refractivity contribution >= 4 is 22.9 Å². The highest BCUT2D eigenvalue weighted by molar-refractivity contribution is 7.80. The van der Waals surface area contributed by atoms with Gasteiger partial charge in [0, 0.05) is 25.3 Å². The summed E-state index contributed by atoms with van der Waals surface area (Å²) in [6, 6.07) is 12.0. The second-order valence-electron chi connectivity index (χ2n) is 4.91. The van der Waals surface area contributed by atoms with Crippen molar-refractivity contribution in [2.75, 3.05) is 13.7 Å². The van der Waals surface area contributed by atoms with E-state index in [0.29, 0.717) is 29.5 Å². The van der Waals surface area contributed by atoms with Gasteiger partial charge in [-0.3, -0.25) is 0 Å². The Kier molecular flexibility index (Phi) is 4.13. The highest BCUT2D eigenvalue weighted by Crippen LogP contribution is 2.22. The maximum atomic E-state index is 5.86. The highest BCUT2D eigenvalue weighted by Gasteiger charge is 2.12. The maximum absolute atomic E-state index is 5.86. The van der Waals surface area contributed by atoms with Crippen molar-refractivity contribution in [3.05, 3.63) is 54.0 Å². The van der Waals surface area contributed by atoms with E-state index in [0.717, 1.165) is 16.7 Å². The van der Waals surface area contributed by atoms with Gasteiger partial charge in [-0.2, -0.15) is 5.10 Å². The minimum atomic E-state index is 0.313. The summed E-state index contributed by atoms with van der Waals surface area (Å²) in [6.45, 7) is 0.574. The molecule has 2 N–H and O–H groups in total. The fraction of sp³-hybridized carbons (Fsp3) is 0.188. The van der Waals surface area contributed by atoms with Gasteiger partial charge in [-0.15, -0.1) is 0 Å². The number of hydrogen-bond acceptors (Lipinski definition) is 4. The zero-order valence-electron chi connectivity index (χ0n) is 12.2. The van der Waals surface area contributed by atoms with E-state index in [1.807, 2.05) is 42.6 Å². The standard InChI is InChI=1S/C16H16N4OS/c1-21-8-7-14-18-16-13(15(17)22)9-12(10-20(16)19-14)11-5-3-2-4-6-11/h2-6,9-10H,7-8H2,1H3,(H2,17,22). The molecule has 0 spiro atoms. The van der Waals surface area contributed by atoms with Crippen LogP contribution >= 0.6 is 12.2 Å². The van der Waals surface area contributed by atoms with Crippen LogP contribution in [0, 0.1) is 0 Å². The number of nitrogens with two attached hydrogens (primary N) is 1. The molecule has 3 aromatic rings. The number of aromatic nitrogens is 3. The van der Waals surface area contributed by atoms with E-state index in [1.165, 1.54) is 0 Å². The van der Waals surface area contributed by atoms with Crippen molar-refractivity contribution in [2.24, 2.45) is 5.73 Å². The molecule has 0 fully saturated rings. The summed E-state index contributed by atoms with van der Waals surface area (Å²) in [5.74, 6) is 0.713. The van der Waals surface area contributed by atoms with Crippen molar-refractivity contribution in [2.45, 2.75) is 6.42 Å². The number of hydrogen-bond donors (Lipinski definition) is 1. The molecular formula is C16H16N4OS. The summed E-state index contributed by atoms with van der Waals surface area (Å²) in [6.07, 6.45) is 2.59. The van der Waals surface area contributed by atoms with Crippen molar-refractivity contribution in [3.8, 4) is 11.1 Å². The number of pyridine rings is 1. The quantitative estimate of drug-likeness (QED) is 0.732. The smallest absolute Gasteiger partial charge is 0.165 e. The lowest BCUT2D eigenvalue weighted by Crippen LogP contribution is -2.11. The minimum Gasteiger partial charge on any atom is -0.389 e. The number of ether oxygens (including phenoxy) is 1. The van der Waals surface area contributed by atoms with E-state index in [4.69, 9.17) is 22.7 Å². The normalized spacial score (nSPS) is 11.0. The third-order valence-electron chi connectivity index (χ3n) is 3.38. The average Bonchev–Trinajstić information content (AvgIpc) is 2.95. The van der Waals surface area contributed by atoms with E-state index in [9.17, 15) is 0 Å². The van der Waals surface area contributed by atoms with Crippen molar-refractivity contribution in [3.63, 3.8) is 0 Å². The summed E-state index contributed by atoms with van der Waals surface area (Å²) in [5, 5.41) is 4.49. The number of benzene rings is 1. The van der Waals surface area contributed by atoms with Gasteiger partial charge in [-0.25, -0.2) is 9.50 Å². The van der Waals surface area contributed by atoms with Gasteiger partial charge >= 0.3 is 0 Å². The summed E-state index contributed by atoms with van der Waals surface area (Å²) >= 11 is 5.17. The zero-order valence-corrected chi connectivity index (χ0v) is 13.0. The van der Waals surface area contributed by atoms with Crippen LogP contribution in [0.15, 0.2) is 42.6 Å². The minimum absolute atomic E-state index is 0.313. The fourth-order valence-electron chi connectivity index (χ4n) is 2.30. The zero-order chi connectivity index (χ0) is 15.5. The fourth-order valence-corrected chi connectivity index (χ4v) is 2.45. The Bertz CT molecular complexity index is 814. The highest BCUT2D eigenvalue weighted by atomic mass is 32.1. The van der Waals surface area contributed by atoms with Crippen molar-refractivity contribution < 1.29 is 4.74 Å². The van der Waals surface area contributed by atoms with Crippen LogP contribution in [0.3, 0.4) is 0 Å². The lowest BCUT2D eigenvalue weighted by Gasteiger charge is -2.06. The number of nitrogens with zero attached hydrogens (tertiary/aromatic N) is 3. The van der Waals surface area contributed by atoms with Crippen molar-refractivity contribution in [1.29, 1.82) is 0 Å². The molecule has 3 rings (SSSR count). The molecule has 112 valence electrons. The first-order valence-corrected chi connectivity index (χ1v) is 7.33. The summed E-state index contributed by atoms with van der Waals surface area (Å²) in [5.41, 5.74) is 9.35. The number of fused-ring (bicyclic) bond motifs is 1. The van der Waals surface area contributed by atoms with Crippen LogP contribution < -0.4 is 5.73 Å². The molecule has 0 unspecified atom stereocenters. The molecule has 0 saturated heterocycles. The molecule has 0 amide bonds. The Hall–Kier alpha value is -2.31. The predicted molar refractivity (Wildman–Crippen MR) is 89.9 cm³/mol. The van der Waals surface area contributed by atoms with E-state index >= 15 is 0 Å². The third-order valence-corrected chi connectivity index (χ3v) is 3.60. The first-order chi connectivity index (χ1) is 10.7. The maximum Gasteiger partial charge on any atom is 0.165 e. The molecule has 0 bridgehead atoms. The van der Waals surface area contributed by atoms with Gasteiger partial charge in [0.05, 0.1) is 12.2 Å². The van der Waals surface area contributed by atoms with Crippen LogP contribution in [0.1, 0.15) is 11.4 Å². The molecular weight excluding hydrogens is 296 g/mol. The molecule has 0 saturated carbocycles. The Balaban J connectivity index is 2.14. The van der Waals surface area contributed by atoms with Crippen LogP contribution in [-0.2, 0) is 11.2 Å². The van der Waals surface area contributed by atoms with Gasteiger partial charge in [-0.05, 0) is 11.6 Å². The molecule has 0 radical (unpaired) electrons. The Morgan fingerprint density at radius 2 is 2.05 bits per heavy atom. The van der Waals surface area contributed by atoms with Gasteiger partial charge in [0.15, 0.2) is 11.5 Å². The summed E-state index contributed by atoms with van der Waals surface area (Å²) in [4.78, 5) is 4.82. The number of rotatable bonds is 5. The Labute approximate surface area is 133 Å². The second-order valence-corrected chi connectivity index (χ2v) is 5.35.